The lowest BCUT2D eigenvalue weighted by Gasteiger charge is -2.12. The second-order valence-corrected chi connectivity index (χ2v) is 6.54. The summed E-state index contributed by atoms with van der Waals surface area (Å²) in [6, 6.07) is 7.55. The SMILES string of the molecule is CC(C)CCNC(=O)[C@H](C)Sc1ccc(Cl)cc1. The van der Waals surface area contributed by atoms with Gasteiger partial charge in [0.25, 0.3) is 0 Å². The van der Waals surface area contributed by atoms with Gasteiger partial charge in [-0.3, -0.25) is 4.79 Å². The molecule has 0 saturated heterocycles. The number of nitrogens with one attached hydrogen (secondary N) is 1. The molecular weight excluding hydrogens is 266 g/mol. The molecule has 0 heterocycles. The Hall–Kier alpha value is -0.670. The highest BCUT2D eigenvalue weighted by molar-refractivity contribution is 8.00. The van der Waals surface area contributed by atoms with Crippen LogP contribution >= 0.6 is 23.4 Å². The van der Waals surface area contributed by atoms with Gasteiger partial charge in [-0.2, -0.15) is 0 Å². The fourth-order valence-corrected chi connectivity index (χ4v) is 2.42. The van der Waals surface area contributed by atoms with Crippen LogP contribution in [0.4, 0.5) is 0 Å². The molecule has 0 aromatic heterocycles. The molecule has 0 radical (unpaired) electrons. The van der Waals surface area contributed by atoms with Crippen LogP contribution in [0.25, 0.3) is 0 Å². The van der Waals surface area contributed by atoms with Crippen LogP contribution in [0.1, 0.15) is 27.2 Å². The number of carbonyl (C=O) groups is 1. The smallest absolute Gasteiger partial charge is 0.233 e. The number of carbonyl (C=O) groups excluding carboxylic acids is 1. The largest absolute Gasteiger partial charge is 0.355 e. The van der Waals surface area contributed by atoms with Crippen molar-refractivity contribution in [2.45, 2.75) is 37.3 Å². The Kier molecular flexibility index (Phi) is 6.58. The van der Waals surface area contributed by atoms with Crippen molar-refractivity contribution in [2.24, 2.45) is 5.92 Å². The Morgan fingerprint density at radius 2 is 1.89 bits per heavy atom. The van der Waals surface area contributed by atoms with E-state index in [0.717, 1.165) is 17.9 Å². The molecule has 1 atom stereocenters. The van der Waals surface area contributed by atoms with Crippen molar-refractivity contribution in [1.82, 2.24) is 5.32 Å². The number of hydrogen-bond acceptors (Lipinski definition) is 2. The Labute approximate surface area is 118 Å². The quantitative estimate of drug-likeness (QED) is 0.801. The molecule has 1 N–H and O–H groups in total. The molecule has 2 nitrogen and oxygen atoms in total. The molecule has 0 aliphatic rings. The summed E-state index contributed by atoms with van der Waals surface area (Å²) in [5.74, 6) is 0.708. The zero-order chi connectivity index (χ0) is 13.5. The molecule has 0 unspecified atom stereocenters. The molecule has 1 aromatic carbocycles. The van der Waals surface area contributed by atoms with Crippen LogP contribution in [0, 0.1) is 5.92 Å². The average molecular weight is 286 g/mol. The fourth-order valence-electron chi connectivity index (χ4n) is 1.40. The minimum absolute atomic E-state index is 0.0849. The predicted molar refractivity (Wildman–Crippen MR) is 79.2 cm³/mol. The molecule has 100 valence electrons. The Bertz CT molecular complexity index is 378. The maximum Gasteiger partial charge on any atom is 0.233 e. The van der Waals surface area contributed by atoms with Crippen LogP contribution in [0.5, 0.6) is 0 Å². The zero-order valence-corrected chi connectivity index (χ0v) is 12.6. The van der Waals surface area contributed by atoms with Gasteiger partial charge in [0, 0.05) is 16.5 Å². The second-order valence-electron chi connectivity index (χ2n) is 4.69. The van der Waals surface area contributed by atoms with Crippen LogP contribution in [-0.2, 0) is 4.79 Å². The van der Waals surface area contributed by atoms with Crippen molar-refractivity contribution in [1.29, 1.82) is 0 Å². The average Bonchev–Trinajstić information content (AvgIpc) is 2.31. The molecule has 4 heteroatoms. The van der Waals surface area contributed by atoms with Crippen molar-refractivity contribution in [2.75, 3.05) is 6.54 Å². The van der Waals surface area contributed by atoms with E-state index in [9.17, 15) is 4.79 Å². The summed E-state index contributed by atoms with van der Waals surface area (Å²) in [5, 5.41) is 3.59. The molecular formula is C14H20ClNOS. The van der Waals surface area contributed by atoms with E-state index < -0.39 is 0 Å². The summed E-state index contributed by atoms with van der Waals surface area (Å²) in [7, 11) is 0. The van der Waals surface area contributed by atoms with E-state index >= 15 is 0 Å². The van der Waals surface area contributed by atoms with Crippen LogP contribution in [0.15, 0.2) is 29.2 Å². The van der Waals surface area contributed by atoms with Crippen molar-refractivity contribution >= 4 is 29.3 Å². The van der Waals surface area contributed by atoms with Crippen LogP contribution < -0.4 is 5.32 Å². The highest BCUT2D eigenvalue weighted by Gasteiger charge is 2.13. The number of thioether (sulfide) groups is 1. The van der Waals surface area contributed by atoms with E-state index in [2.05, 4.69) is 19.2 Å². The van der Waals surface area contributed by atoms with Gasteiger partial charge in [-0.25, -0.2) is 0 Å². The van der Waals surface area contributed by atoms with E-state index in [1.807, 2.05) is 31.2 Å². The first-order valence-electron chi connectivity index (χ1n) is 6.19. The number of amides is 1. The first-order valence-corrected chi connectivity index (χ1v) is 7.44. The zero-order valence-electron chi connectivity index (χ0n) is 11.1. The van der Waals surface area contributed by atoms with Gasteiger partial charge in [0.2, 0.25) is 5.91 Å². The number of rotatable bonds is 6. The van der Waals surface area contributed by atoms with Crippen LogP contribution in [-0.4, -0.2) is 17.7 Å². The highest BCUT2D eigenvalue weighted by atomic mass is 35.5. The van der Waals surface area contributed by atoms with Crippen LogP contribution in [0.2, 0.25) is 5.02 Å². The lowest BCUT2D eigenvalue weighted by Crippen LogP contribution is -2.32. The Morgan fingerprint density at radius 1 is 1.28 bits per heavy atom. The maximum atomic E-state index is 11.8. The molecule has 0 fully saturated rings. The topological polar surface area (TPSA) is 29.1 Å². The summed E-state index contributed by atoms with van der Waals surface area (Å²) in [6.45, 7) is 6.97. The normalized spacial score (nSPS) is 12.5. The van der Waals surface area contributed by atoms with E-state index in [0.29, 0.717) is 10.9 Å². The van der Waals surface area contributed by atoms with Crippen molar-refractivity contribution < 1.29 is 4.79 Å². The second kappa shape index (κ2) is 7.70. The summed E-state index contributed by atoms with van der Waals surface area (Å²) < 4.78 is 0. The minimum Gasteiger partial charge on any atom is -0.355 e. The lowest BCUT2D eigenvalue weighted by molar-refractivity contribution is -0.120. The van der Waals surface area contributed by atoms with Gasteiger partial charge in [-0.15, -0.1) is 11.8 Å². The van der Waals surface area contributed by atoms with Gasteiger partial charge in [-0.05, 0) is 43.5 Å². The molecule has 1 rings (SSSR count). The van der Waals surface area contributed by atoms with Gasteiger partial charge in [-0.1, -0.05) is 25.4 Å². The summed E-state index contributed by atoms with van der Waals surface area (Å²) in [6.07, 6.45) is 1.02. The lowest BCUT2D eigenvalue weighted by atomic mass is 10.1. The number of hydrogen-bond donors (Lipinski definition) is 1. The third-order valence-corrected chi connectivity index (χ3v) is 3.88. The molecule has 0 aliphatic carbocycles. The third kappa shape index (κ3) is 5.78. The van der Waals surface area contributed by atoms with Crippen molar-refractivity contribution in [3.05, 3.63) is 29.3 Å². The summed E-state index contributed by atoms with van der Waals surface area (Å²) >= 11 is 7.37. The Balaban J connectivity index is 2.37. The molecule has 1 aromatic rings. The first-order chi connectivity index (χ1) is 8.49. The number of benzene rings is 1. The fraction of sp³-hybridized carbons (Fsp3) is 0.500. The Morgan fingerprint density at radius 3 is 2.44 bits per heavy atom. The van der Waals surface area contributed by atoms with Gasteiger partial charge in [0.05, 0.1) is 5.25 Å². The maximum absolute atomic E-state index is 11.8. The molecule has 0 spiro atoms. The van der Waals surface area contributed by atoms with Crippen LogP contribution in [0.3, 0.4) is 0 Å². The standard InChI is InChI=1S/C14H20ClNOS/c1-10(2)8-9-16-14(17)11(3)18-13-6-4-12(15)5-7-13/h4-7,10-11H,8-9H2,1-3H3,(H,16,17)/t11-/m0/s1. The monoisotopic (exact) mass is 285 g/mol. The first kappa shape index (κ1) is 15.4. The molecule has 0 saturated carbocycles. The predicted octanol–water partition coefficient (Wildman–Crippen LogP) is 3.98. The summed E-state index contributed by atoms with van der Waals surface area (Å²) in [4.78, 5) is 12.9. The van der Waals surface area contributed by atoms with Gasteiger partial charge >= 0.3 is 0 Å². The van der Waals surface area contributed by atoms with Crippen molar-refractivity contribution in [3.63, 3.8) is 0 Å². The molecule has 1 amide bonds. The van der Waals surface area contributed by atoms with E-state index in [1.54, 1.807) is 11.8 Å². The highest BCUT2D eigenvalue weighted by Crippen LogP contribution is 2.24. The van der Waals surface area contributed by atoms with E-state index in [-0.39, 0.29) is 11.2 Å². The van der Waals surface area contributed by atoms with E-state index in [4.69, 9.17) is 11.6 Å². The van der Waals surface area contributed by atoms with E-state index in [1.165, 1.54) is 0 Å². The van der Waals surface area contributed by atoms with Gasteiger partial charge < -0.3 is 5.32 Å². The summed E-state index contributed by atoms with van der Waals surface area (Å²) in [5.41, 5.74) is 0. The molecule has 0 bridgehead atoms. The van der Waals surface area contributed by atoms with Gasteiger partial charge in [0.1, 0.15) is 0 Å². The van der Waals surface area contributed by atoms with Gasteiger partial charge in [0.15, 0.2) is 0 Å². The molecule has 18 heavy (non-hydrogen) atoms. The third-order valence-electron chi connectivity index (χ3n) is 2.52. The van der Waals surface area contributed by atoms with Crippen molar-refractivity contribution in [3.8, 4) is 0 Å². The number of halogens is 1. The minimum atomic E-state index is -0.0849. The molecule has 0 aliphatic heterocycles.